The summed E-state index contributed by atoms with van der Waals surface area (Å²) in [5.41, 5.74) is 9.44. The molecule has 0 saturated carbocycles. The summed E-state index contributed by atoms with van der Waals surface area (Å²) in [6, 6.07) is 11.4. The van der Waals surface area contributed by atoms with E-state index in [1.165, 1.54) is 0 Å². The van der Waals surface area contributed by atoms with E-state index in [1.54, 1.807) is 6.07 Å². The van der Waals surface area contributed by atoms with E-state index in [4.69, 9.17) is 33.9 Å². The number of halogens is 2. The fraction of sp³-hybridized carbons (Fsp3) is 0.188. The van der Waals surface area contributed by atoms with Crippen LogP contribution in [0.3, 0.4) is 0 Å². The predicted molar refractivity (Wildman–Crippen MR) is 89.5 cm³/mol. The van der Waals surface area contributed by atoms with Crippen LogP contribution in [0.25, 0.3) is 16.7 Å². The average Bonchev–Trinajstić information content (AvgIpc) is 2.79. The molecule has 0 aliphatic heterocycles. The van der Waals surface area contributed by atoms with Gasteiger partial charge >= 0.3 is 0 Å². The molecule has 0 radical (unpaired) electrons. The minimum absolute atomic E-state index is 0.536. The fourth-order valence-corrected chi connectivity index (χ4v) is 2.74. The first-order chi connectivity index (χ1) is 10.1. The van der Waals surface area contributed by atoms with E-state index in [0.717, 1.165) is 35.4 Å². The second kappa shape index (κ2) is 5.58. The van der Waals surface area contributed by atoms with E-state index < -0.39 is 0 Å². The first-order valence-corrected chi connectivity index (χ1v) is 7.58. The van der Waals surface area contributed by atoms with Crippen LogP contribution in [0, 0.1) is 0 Å². The molecule has 0 atom stereocenters. The van der Waals surface area contributed by atoms with Crippen LogP contribution >= 0.6 is 23.2 Å². The fourth-order valence-electron chi connectivity index (χ4n) is 2.45. The number of nitrogen functional groups attached to an aromatic ring is 1. The van der Waals surface area contributed by atoms with Crippen LogP contribution in [-0.2, 0) is 6.42 Å². The maximum absolute atomic E-state index is 6.15. The second-order valence-corrected chi connectivity index (χ2v) is 5.77. The molecule has 21 heavy (non-hydrogen) atoms. The molecule has 3 aromatic rings. The SMILES string of the molecule is CCCc1nc2cc(N)ccc2n1-c1ccc(Cl)c(Cl)c1. The number of nitrogens with zero attached hydrogens (tertiary/aromatic N) is 2. The van der Waals surface area contributed by atoms with Crippen molar-refractivity contribution < 1.29 is 0 Å². The lowest BCUT2D eigenvalue weighted by Crippen LogP contribution is -2.01. The Hall–Kier alpha value is -1.71. The third-order valence-electron chi connectivity index (χ3n) is 3.38. The molecule has 0 unspecified atom stereocenters. The van der Waals surface area contributed by atoms with E-state index in [1.807, 2.05) is 30.3 Å². The van der Waals surface area contributed by atoms with E-state index in [0.29, 0.717) is 15.7 Å². The molecular weight excluding hydrogens is 305 g/mol. The van der Waals surface area contributed by atoms with Gasteiger partial charge in [-0.2, -0.15) is 0 Å². The minimum atomic E-state index is 0.536. The van der Waals surface area contributed by atoms with Gasteiger partial charge in [0.05, 0.1) is 21.1 Å². The van der Waals surface area contributed by atoms with Crippen LogP contribution in [0.1, 0.15) is 19.2 Å². The number of hydrogen-bond acceptors (Lipinski definition) is 2. The van der Waals surface area contributed by atoms with Gasteiger partial charge in [0.2, 0.25) is 0 Å². The lowest BCUT2D eigenvalue weighted by molar-refractivity contribution is 0.818. The highest BCUT2D eigenvalue weighted by molar-refractivity contribution is 6.42. The Kier molecular flexibility index (Phi) is 3.79. The van der Waals surface area contributed by atoms with Crippen molar-refractivity contribution in [3.63, 3.8) is 0 Å². The summed E-state index contributed by atoms with van der Waals surface area (Å²) in [5.74, 6) is 0.997. The molecule has 0 saturated heterocycles. The van der Waals surface area contributed by atoms with Gasteiger partial charge in [-0.25, -0.2) is 4.98 Å². The smallest absolute Gasteiger partial charge is 0.114 e. The number of benzene rings is 2. The van der Waals surface area contributed by atoms with Gasteiger partial charge in [-0.1, -0.05) is 30.1 Å². The highest BCUT2D eigenvalue weighted by Crippen LogP contribution is 2.29. The van der Waals surface area contributed by atoms with E-state index >= 15 is 0 Å². The van der Waals surface area contributed by atoms with Crippen molar-refractivity contribution in [3.05, 3.63) is 52.3 Å². The molecule has 2 aromatic carbocycles. The maximum atomic E-state index is 6.15. The van der Waals surface area contributed by atoms with E-state index in [2.05, 4.69) is 11.5 Å². The number of anilines is 1. The van der Waals surface area contributed by atoms with Crippen LogP contribution in [0.4, 0.5) is 5.69 Å². The Morgan fingerprint density at radius 2 is 1.90 bits per heavy atom. The van der Waals surface area contributed by atoms with E-state index in [9.17, 15) is 0 Å². The highest BCUT2D eigenvalue weighted by Gasteiger charge is 2.13. The third-order valence-corrected chi connectivity index (χ3v) is 4.12. The molecule has 5 heteroatoms. The number of rotatable bonds is 3. The molecule has 108 valence electrons. The van der Waals surface area contributed by atoms with Crippen molar-refractivity contribution in [3.8, 4) is 5.69 Å². The Balaban J connectivity index is 2.27. The first kappa shape index (κ1) is 14.2. The monoisotopic (exact) mass is 319 g/mol. The van der Waals surface area contributed by atoms with Crippen LogP contribution in [-0.4, -0.2) is 9.55 Å². The molecule has 2 N–H and O–H groups in total. The summed E-state index contributed by atoms with van der Waals surface area (Å²) in [6.45, 7) is 2.13. The largest absolute Gasteiger partial charge is 0.399 e. The summed E-state index contributed by atoms with van der Waals surface area (Å²) in [6.07, 6.45) is 1.90. The summed E-state index contributed by atoms with van der Waals surface area (Å²) in [7, 11) is 0. The number of aryl methyl sites for hydroxylation is 1. The Morgan fingerprint density at radius 1 is 1.10 bits per heavy atom. The minimum Gasteiger partial charge on any atom is -0.399 e. The van der Waals surface area contributed by atoms with Gasteiger partial charge in [0.25, 0.3) is 0 Å². The van der Waals surface area contributed by atoms with Gasteiger partial charge in [-0.15, -0.1) is 0 Å². The van der Waals surface area contributed by atoms with Crippen molar-refractivity contribution in [1.82, 2.24) is 9.55 Å². The quantitative estimate of drug-likeness (QED) is 0.700. The molecule has 0 bridgehead atoms. The second-order valence-electron chi connectivity index (χ2n) is 4.96. The molecule has 3 rings (SSSR count). The van der Waals surface area contributed by atoms with Crippen molar-refractivity contribution in [2.45, 2.75) is 19.8 Å². The van der Waals surface area contributed by atoms with Crippen molar-refractivity contribution in [2.75, 3.05) is 5.73 Å². The number of aromatic nitrogens is 2. The van der Waals surface area contributed by atoms with Crippen LogP contribution in [0.5, 0.6) is 0 Å². The number of fused-ring (bicyclic) bond motifs is 1. The van der Waals surface area contributed by atoms with Crippen LogP contribution in [0.15, 0.2) is 36.4 Å². The lowest BCUT2D eigenvalue weighted by Gasteiger charge is -2.10. The average molecular weight is 320 g/mol. The van der Waals surface area contributed by atoms with Gasteiger partial charge in [0.1, 0.15) is 5.82 Å². The summed E-state index contributed by atoms with van der Waals surface area (Å²) in [5, 5.41) is 1.08. The molecule has 3 nitrogen and oxygen atoms in total. The normalized spacial score (nSPS) is 11.2. The number of nitrogens with two attached hydrogens (primary N) is 1. The Bertz CT molecular complexity index is 809. The summed E-state index contributed by atoms with van der Waals surface area (Å²) in [4.78, 5) is 4.70. The topological polar surface area (TPSA) is 43.8 Å². The highest BCUT2D eigenvalue weighted by atomic mass is 35.5. The maximum Gasteiger partial charge on any atom is 0.114 e. The Morgan fingerprint density at radius 3 is 2.62 bits per heavy atom. The molecule has 0 fully saturated rings. The zero-order valence-corrected chi connectivity index (χ0v) is 13.1. The number of hydrogen-bond donors (Lipinski definition) is 1. The van der Waals surface area contributed by atoms with Crippen molar-refractivity contribution >= 4 is 39.9 Å². The van der Waals surface area contributed by atoms with Gasteiger partial charge < -0.3 is 5.73 Å². The molecule has 1 heterocycles. The van der Waals surface area contributed by atoms with Crippen molar-refractivity contribution in [1.29, 1.82) is 0 Å². The zero-order chi connectivity index (χ0) is 15.0. The van der Waals surface area contributed by atoms with Crippen LogP contribution in [0.2, 0.25) is 10.0 Å². The molecule has 0 spiro atoms. The zero-order valence-electron chi connectivity index (χ0n) is 11.6. The molecule has 0 amide bonds. The van der Waals surface area contributed by atoms with Gasteiger partial charge in [-0.05, 0) is 42.8 Å². The van der Waals surface area contributed by atoms with Gasteiger partial charge in [0, 0.05) is 17.8 Å². The third kappa shape index (κ3) is 2.59. The van der Waals surface area contributed by atoms with E-state index in [-0.39, 0.29) is 0 Å². The molecular formula is C16H15Cl2N3. The summed E-state index contributed by atoms with van der Waals surface area (Å²) < 4.78 is 2.11. The first-order valence-electron chi connectivity index (χ1n) is 6.82. The molecule has 0 aliphatic rings. The lowest BCUT2D eigenvalue weighted by atomic mass is 10.2. The Labute approximate surface area is 133 Å². The standard InChI is InChI=1S/C16H15Cl2N3/c1-2-3-16-20-14-8-10(19)4-7-15(14)21(16)11-5-6-12(17)13(18)9-11/h4-9H,2-3,19H2,1H3. The summed E-state index contributed by atoms with van der Waals surface area (Å²) >= 11 is 12.2. The number of imidazole rings is 1. The van der Waals surface area contributed by atoms with Crippen molar-refractivity contribution in [2.24, 2.45) is 0 Å². The molecule has 1 aromatic heterocycles. The molecule has 0 aliphatic carbocycles. The van der Waals surface area contributed by atoms with Gasteiger partial charge in [0.15, 0.2) is 0 Å². The predicted octanol–water partition coefficient (Wildman–Crippen LogP) is 4.87. The van der Waals surface area contributed by atoms with Gasteiger partial charge in [-0.3, -0.25) is 4.57 Å². The van der Waals surface area contributed by atoms with Crippen LogP contribution < -0.4 is 5.73 Å².